The second kappa shape index (κ2) is 10.9. The summed E-state index contributed by atoms with van der Waals surface area (Å²) < 4.78 is 19.3. The van der Waals surface area contributed by atoms with Crippen LogP contribution in [-0.4, -0.2) is 72.3 Å². The predicted molar refractivity (Wildman–Crippen MR) is 139 cm³/mol. The summed E-state index contributed by atoms with van der Waals surface area (Å²) in [5, 5.41) is 13.1. The number of H-pyrrole nitrogens is 1. The summed E-state index contributed by atoms with van der Waals surface area (Å²) in [6, 6.07) is 14.3. The Kier molecular flexibility index (Phi) is 7.29. The molecule has 9 heteroatoms. The highest BCUT2D eigenvalue weighted by Gasteiger charge is 2.24. The molecule has 0 atom stereocenters. The summed E-state index contributed by atoms with van der Waals surface area (Å²) in [5.74, 6) is 0.885. The lowest BCUT2D eigenvalue weighted by Crippen LogP contribution is -2.44. The molecule has 8 nitrogen and oxygen atoms in total. The monoisotopic (exact) mass is 490 g/mol. The van der Waals surface area contributed by atoms with Gasteiger partial charge in [0.05, 0.1) is 23.6 Å². The van der Waals surface area contributed by atoms with Crippen LogP contribution in [0, 0.1) is 5.82 Å². The third kappa shape index (κ3) is 5.92. The number of hydrogen-bond acceptors (Lipinski definition) is 6. The number of aromatic amines is 1. The van der Waals surface area contributed by atoms with Crippen LogP contribution in [-0.2, 0) is 11.2 Å². The van der Waals surface area contributed by atoms with Gasteiger partial charge in [0.1, 0.15) is 17.4 Å². The maximum Gasteiger partial charge on any atom is 0.257 e. The standard InChI is InChI=1S/C27H31FN6O2/c1-33-10-12-34(13-11-33)9-2-14-36-22-6-3-19(4-7-22)15-21-17-26(32-31-21)29-18-24-23-8-5-20(28)16-25(23)30-27(24)35/h3-8,16-18H,2,9-15H2,1H3,(H,30,35)(H2,29,31,32)/b24-18-. The van der Waals surface area contributed by atoms with E-state index in [1.165, 1.54) is 12.1 Å². The molecule has 5 rings (SSSR count). The first-order chi connectivity index (χ1) is 17.5. The van der Waals surface area contributed by atoms with Crippen molar-refractivity contribution in [1.29, 1.82) is 0 Å². The molecule has 1 aromatic heterocycles. The Bertz CT molecular complexity index is 1230. The largest absolute Gasteiger partial charge is 0.494 e. The van der Waals surface area contributed by atoms with E-state index in [1.807, 2.05) is 18.2 Å². The molecule has 188 valence electrons. The van der Waals surface area contributed by atoms with Gasteiger partial charge in [0.25, 0.3) is 5.91 Å². The van der Waals surface area contributed by atoms with Crippen LogP contribution in [0.15, 0.2) is 54.7 Å². The minimum atomic E-state index is -0.387. The number of carbonyl (C=O) groups is 1. The maximum absolute atomic E-state index is 13.4. The van der Waals surface area contributed by atoms with Gasteiger partial charge in [0.15, 0.2) is 0 Å². The van der Waals surface area contributed by atoms with Gasteiger partial charge in [-0.3, -0.25) is 9.89 Å². The molecule has 0 saturated carbocycles. The molecular weight excluding hydrogens is 459 g/mol. The molecule has 0 bridgehead atoms. The second-order valence-corrected chi connectivity index (χ2v) is 9.29. The van der Waals surface area contributed by atoms with Crippen molar-refractivity contribution < 1.29 is 13.9 Å². The highest BCUT2D eigenvalue weighted by atomic mass is 19.1. The summed E-state index contributed by atoms with van der Waals surface area (Å²) >= 11 is 0. The van der Waals surface area contributed by atoms with Crippen molar-refractivity contribution in [3.05, 3.63) is 77.4 Å². The van der Waals surface area contributed by atoms with Gasteiger partial charge in [-0.2, -0.15) is 5.10 Å². The zero-order chi connectivity index (χ0) is 24.9. The first-order valence-corrected chi connectivity index (χ1v) is 12.3. The van der Waals surface area contributed by atoms with E-state index in [9.17, 15) is 9.18 Å². The number of carbonyl (C=O) groups excluding carboxylic acids is 1. The minimum absolute atomic E-state index is 0.274. The lowest BCUT2D eigenvalue weighted by molar-refractivity contribution is -0.110. The van der Waals surface area contributed by atoms with E-state index in [-0.39, 0.29) is 11.7 Å². The van der Waals surface area contributed by atoms with Gasteiger partial charge < -0.3 is 25.2 Å². The molecule has 1 amide bonds. The molecule has 1 fully saturated rings. The SMILES string of the molecule is CN1CCN(CCCOc2ccc(Cc3cc(N/C=C4\C(=O)Nc5cc(F)ccc54)[nH]n3)cc2)CC1. The molecule has 3 heterocycles. The van der Waals surface area contributed by atoms with Gasteiger partial charge in [-0.15, -0.1) is 0 Å². The first kappa shape index (κ1) is 24.0. The van der Waals surface area contributed by atoms with Crippen molar-refractivity contribution in [2.24, 2.45) is 0 Å². The van der Waals surface area contributed by atoms with Crippen molar-refractivity contribution >= 4 is 23.0 Å². The quantitative estimate of drug-likeness (QED) is 0.314. The van der Waals surface area contributed by atoms with Gasteiger partial charge in [-0.1, -0.05) is 12.1 Å². The number of aromatic nitrogens is 2. The Hall–Kier alpha value is -3.69. The third-order valence-electron chi connectivity index (χ3n) is 6.56. The summed E-state index contributed by atoms with van der Waals surface area (Å²) in [7, 11) is 2.17. The third-order valence-corrected chi connectivity index (χ3v) is 6.56. The van der Waals surface area contributed by atoms with Gasteiger partial charge >= 0.3 is 0 Å². The summed E-state index contributed by atoms with van der Waals surface area (Å²) in [5.41, 5.74) is 3.58. The van der Waals surface area contributed by atoms with Crippen LogP contribution in [0.3, 0.4) is 0 Å². The van der Waals surface area contributed by atoms with Gasteiger partial charge in [-0.25, -0.2) is 4.39 Å². The Morgan fingerprint density at radius 1 is 1.11 bits per heavy atom. The van der Waals surface area contributed by atoms with Gasteiger partial charge in [0.2, 0.25) is 0 Å². The van der Waals surface area contributed by atoms with E-state index in [1.54, 1.807) is 12.3 Å². The number of benzene rings is 2. The van der Waals surface area contributed by atoms with Crippen molar-refractivity contribution in [2.75, 3.05) is 57.0 Å². The van der Waals surface area contributed by atoms with Crippen molar-refractivity contribution in [1.82, 2.24) is 20.0 Å². The average molecular weight is 491 g/mol. The molecule has 3 aromatic rings. The number of fused-ring (bicyclic) bond motifs is 1. The summed E-state index contributed by atoms with van der Waals surface area (Å²) in [4.78, 5) is 17.1. The van der Waals surface area contributed by atoms with Gasteiger partial charge in [-0.05, 0) is 49.4 Å². The molecule has 2 aliphatic heterocycles. The minimum Gasteiger partial charge on any atom is -0.494 e. The smallest absolute Gasteiger partial charge is 0.257 e. The first-order valence-electron chi connectivity index (χ1n) is 12.3. The molecule has 0 radical (unpaired) electrons. The van der Waals surface area contributed by atoms with Crippen LogP contribution >= 0.6 is 0 Å². The number of amides is 1. The number of nitrogens with one attached hydrogen (secondary N) is 3. The number of rotatable bonds is 9. The second-order valence-electron chi connectivity index (χ2n) is 9.29. The molecule has 0 spiro atoms. The van der Waals surface area contributed by atoms with E-state index < -0.39 is 0 Å². The number of ether oxygens (including phenoxy) is 1. The van der Waals surface area contributed by atoms with Crippen LogP contribution in [0.4, 0.5) is 15.9 Å². The van der Waals surface area contributed by atoms with E-state index >= 15 is 0 Å². The lowest BCUT2D eigenvalue weighted by atomic mass is 10.1. The number of anilines is 2. The Labute approximate surface area is 210 Å². The van der Waals surface area contributed by atoms with Crippen LogP contribution in [0.2, 0.25) is 0 Å². The molecule has 0 unspecified atom stereocenters. The predicted octanol–water partition coefficient (Wildman–Crippen LogP) is 3.56. The van der Waals surface area contributed by atoms with E-state index in [4.69, 9.17) is 4.74 Å². The molecule has 0 aliphatic carbocycles. The van der Waals surface area contributed by atoms with Gasteiger partial charge in [0, 0.05) is 57.0 Å². The van der Waals surface area contributed by atoms with E-state index in [0.29, 0.717) is 35.7 Å². The molecule has 2 aromatic carbocycles. The lowest BCUT2D eigenvalue weighted by Gasteiger charge is -2.32. The van der Waals surface area contributed by atoms with E-state index in [2.05, 4.69) is 49.8 Å². The number of halogens is 1. The summed E-state index contributed by atoms with van der Waals surface area (Å²) in [6.45, 7) is 6.35. The normalized spacial score (nSPS) is 17.3. The Balaban J connectivity index is 1.09. The topological polar surface area (TPSA) is 85.5 Å². The van der Waals surface area contributed by atoms with Crippen LogP contribution in [0.1, 0.15) is 23.2 Å². The molecule has 1 saturated heterocycles. The number of nitrogens with zero attached hydrogens (tertiary/aromatic N) is 3. The number of hydrogen-bond donors (Lipinski definition) is 3. The fourth-order valence-electron chi connectivity index (χ4n) is 4.45. The molecule has 2 aliphatic rings. The maximum atomic E-state index is 13.4. The van der Waals surface area contributed by atoms with E-state index in [0.717, 1.165) is 56.2 Å². The number of piperazine rings is 1. The zero-order valence-electron chi connectivity index (χ0n) is 20.4. The Morgan fingerprint density at radius 3 is 2.72 bits per heavy atom. The Morgan fingerprint density at radius 2 is 1.92 bits per heavy atom. The highest BCUT2D eigenvalue weighted by Crippen LogP contribution is 2.32. The van der Waals surface area contributed by atoms with Crippen molar-refractivity contribution in [3.8, 4) is 5.75 Å². The van der Waals surface area contributed by atoms with Crippen LogP contribution < -0.4 is 15.4 Å². The van der Waals surface area contributed by atoms with Crippen molar-refractivity contribution in [3.63, 3.8) is 0 Å². The van der Waals surface area contributed by atoms with Crippen LogP contribution in [0.5, 0.6) is 5.75 Å². The average Bonchev–Trinajstić information content (AvgIpc) is 3.45. The fourth-order valence-corrected chi connectivity index (χ4v) is 4.45. The summed E-state index contributed by atoms with van der Waals surface area (Å²) in [6.07, 6.45) is 3.29. The zero-order valence-corrected chi connectivity index (χ0v) is 20.4. The fraction of sp³-hybridized carbons (Fsp3) is 0.333. The molecule has 36 heavy (non-hydrogen) atoms. The van der Waals surface area contributed by atoms with Crippen molar-refractivity contribution in [2.45, 2.75) is 12.8 Å². The highest BCUT2D eigenvalue weighted by molar-refractivity contribution is 6.31. The van der Waals surface area contributed by atoms with Crippen LogP contribution in [0.25, 0.3) is 5.57 Å². The number of likely N-dealkylation sites (N-methyl/N-ethyl adjacent to an activating group) is 1. The molecular formula is C27H31FN6O2. The molecule has 3 N–H and O–H groups in total.